The molecule has 1 unspecified atom stereocenters. The summed E-state index contributed by atoms with van der Waals surface area (Å²) in [4.78, 5) is 17.8. The molecule has 1 aliphatic heterocycles. The van der Waals surface area contributed by atoms with Gasteiger partial charge in [-0.05, 0) is 41.7 Å². The lowest BCUT2D eigenvalue weighted by Gasteiger charge is -2.38. The number of Topliss-reactive ketones (excluding diaryl/α,β-unsaturated/α-hetero) is 1. The Kier molecular flexibility index (Phi) is 4.43. The number of anilines is 1. The first-order valence-electron chi connectivity index (χ1n) is 10.2. The van der Waals surface area contributed by atoms with Gasteiger partial charge in [0.25, 0.3) is 0 Å². The zero-order valence-electron chi connectivity index (χ0n) is 17.6. The van der Waals surface area contributed by atoms with Gasteiger partial charge in [0, 0.05) is 17.7 Å². The lowest BCUT2D eigenvalue weighted by molar-refractivity contribution is -0.118. The van der Waals surface area contributed by atoms with Crippen LogP contribution in [0.3, 0.4) is 0 Å². The molecule has 0 saturated heterocycles. The van der Waals surface area contributed by atoms with Gasteiger partial charge >= 0.3 is 0 Å². The fraction of sp³-hybridized carbons (Fsp3) is 0.292. The molecule has 0 bridgehead atoms. The van der Waals surface area contributed by atoms with Crippen LogP contribution in [0.1, 0.15) is 38.3 Å². The van der Waals surface area contributed by atoms with Gasteiger partial charge in [-0.15, -0.1) is 5.10 Å². The van der Waals surface area contributed by atoms with Crippen LogP contribution in [0.15, 0.2) is 59.8 Å². The van der Waals surface area contributed by atoms with Gasteiger partial charge < -0.3 is 10.1 Å². The van der Waals surface area contributed by atoms with Crippen LogP contribution in [0, 0.1) is 11.2 Å². The molecule has 2 heterocycles. The summed E-state index contributed by atoms with van der Waals surface area (Å²) in [6.07, 6.45) is 1.19. The highest BCUT2D eigenvalue weighted by atomic mass is 19.1. The van der Waals surface area contributed by atoms with Crippen molar-refractivity contribution in [2.24, 2.45) is 5.41 Å². The molecule has 1 aromatic heterocycles. The Morgan fingerprint density at radius 2 is 1.87 bits per heavy atom. The lowest BCUT2D eigenvalue weighted by atomic mass is 9.73. The fourth-order valence-corrected chi connectivity index (χ4v) is 4.46. The maximum atomic E-state index is 14.4. The van der Waals surface area contributed by atoms with E-state index in [9.17, 15) is 9.18 Å². The summed E-state index contributed by atoms with van der Waals surface area (Å²) >= 11 is 0. The Morgan fingerprint density at radius 3 is 2.58 bits per heavy atom. The third-order valence-electron chi connectivity index (χ3n) is 5.88. The van der Waals surface area contributed by atoms with Crippen LogP contribution in [0.4, 0.5) is 10.3 Å². The molecule has 2 aromatic carbocycles. The second-order valence-corrected chi connectivity index (χ2v) is 8.82. The summed E-state index contributed by atoms with van der Waals surface area (Å²) in [7, 11) is 1.61. The van der Waals surface area contributed by atoms with Crippen molar-refractivity contribution in [2.45, 2.75) is 32.7 Å². The predicted octanol–water partition coefficient (Wildman–Crippen LogP) is 4.75. The molecular formula is C24H23FN4O2. The fourth-order valence-electron chi connectivity index (χ4n) is 4.46. The Bertz CT molecular complexity index is 1210. The van der Waals surface area contributed by atoms with Crippen LogP contribution in [0.5, 0.6) is 5.75 Å². The number of methoxy groups -OCH3 is 1. The Labute approximate surface area is 179 Å². The van der Waals surface area contributed by atoms with Gasteiger partial charge in [-0.3, -0.25) is 4.79 Å². The van der Waals surface area contributed by atoms with Crippen molar-refractivity contribution in [3.05, 3.63) is 71.2 Å². The summed E-state index contributed by atoms with van der Waals surface area (Å²) in [6, 6.07) is 13.6. The van der Waals surface area contributed by atoms with Gasteiger partial charge in [0.1, 0.15) is 17.6 Å². The highest BCUT2D eigenvalue weighted by Gasteiger charge is 2.42. The van der Waals surface area contributed by atoms with Crippen LogP contribution in [-0.4, -0.2) is 27.7 Å². The van der Waals surface area contributed by atoms with Crippen molar-refractivity contribution in [1.29, 1.82) is 0 Å². The minimum Gasteiger partial charge on any atom is -0.497 e. The van der Waals surface area contributed by atoms with Gasteiger partial charge in [0.2, 0.25) is 5.95 Å². The molecule has 5 rings (SSSR count). The standard InChI is InChI=1S/C24H23FN4O2/c1-24(2)12-18-20(19(30)13-24)21(14-8-10-15(31-3)11-9-14)29-23(26-18)27-22(28-29)16-6-4-5-7-17(16)25/h4-11,21H,12-13H2,1-3H3,(H,26,27,28). The number of halogens is 1. The summed E-state index contributed by atoms with van der Waals surface area (Å²) in [6.45, 7) is 4.17. The number of rotatable bonds is 3. The van der Waals surface area contributed by atoms with E-state index in [1.54, 1.807) is 30.0 Å². The SMILES string of the molecule is COc1ccc(C2C3=C(CC(C)(C)CC3=O)Nc3nc(-c4ccccc4F)nn32)cc1. The average Bonchev–Trinajstić information content (AvgIpc) is 3.15. The molecule has 1 N–H and O–H groups in total. The van der Waals surface area contributed by atoms with E-state index in [4.69, 9.17) is 4.74 Å². The van der Waals surface area contributed by atoms with Gasteiger partial charge in [-0.1, -0.05) is 38.1 Å². The predicted molar refractivity (Wildman–Crippen MR) is 115 cm³/mol. The van der Waals surface area contributed by atoms with Gasteiger partial charge in [0.05, 0.1) is 12.7 Å². The molecule has 0 radical (unpaired) electrons. The molecule has 0 amide bonds. The highest BCUT2D eigenvalue weighted by molar-refractivity contribution is 6.00. The Balaban J connectivity index is 1.68. The van der Waals surface area contributed by atoms with Crippen LogP contribution < -0.4 is 10.1 Å². The normalized spacial score (nSPS) is 19.5. The molecular weight excluding hydrogens is 395 g/mol. The first-order valence-corrected chi connectivity index (χ1v) is 10.2. The maximum absolute atomic E-state index is 14.4. The van der Waals surface area contributed by atoms with Gasteiger partial charge in [-0.2, -0.15) is 4.98 Å². The van der Waals surface area contributed by atoms with Crippen LogP contribution in [0.25, 0.3) is 11.4 Å². The minimum atomic E-state index is -0.436. The minimum absolute atomic E-state index is 0.0909. The second kappa shape index (κ2) is 7.04. The summed E-state index contributed by atoms with van der Waals surface area (Å²) in [5.41, 5.74) is 2.63. The van der Waals surface area contributed by atoms with Crippen LogP contribution >= 0.6 is 0 Å². The number of aromatic nitrogens is 3. The number of nitrogens with zero attached hydrogens (tertiary/aromatic N) is 3. The van der Waals surface area contributed by atoms with Crippen molar-refractivity contribution in [3.8, 4) is 17.1 Å². The third-order valence-corrected chi connectivity index (χ3v) is 5.88. The molecule has 31 heavy (non-hydrogen) atoms. The number of hydrogen-bond acceptors (Lipinski definition) is 5. The van der Waals surface area contributed by atoms with Gasteiger partial charge in [0.15, 0.2) is 11.6 Å². The molecule has 1 aliphatic carbocycles. The molecule has 0 spiro atoms. The number of nitrogens with one attached hydrogen (secondary N) is 1. The first-order chi connectivity index (χ1) is 14.9. The number of fused-ring (bicyclic) bond motifs is 1. The largest absolute Gasteiger partial charge is 0.497 e. The topological polar surface area (TPSA) is 69.0 Å². The van der Waals surface area contributed by atoms with Crippen LogP contribution in [0.2, 0.25) is 0 Å². The molecule has 6 nitrogen and oxygen atoms in total. The van der Waals surface area contributed by atoms with E-state index >= 15 is 0 Å². The Morgan fingerprint density at radius 1 is 1.13 bits per heavy atom. The smallest absolute Gasteiger partial charge is 0.226 e. The van der Waals surface area contributed by atoms with E-state index in [0.29, 0.717) is 23.5 Å². The number of allylic oxidation sites excluding steroid dienone is 2. The van der Waals surface area contributed by atoms with Crippen LogP contribution in [-0.2, 0) is 4.79 Å². The number of hydrogen-bond donors (Lipinski definition) is 1. The van der Waals surface area contributed by atoms with Crippen molar-refractivity contribution >= 4 is 11.7 Å². The summed E-state index contributed by atoms with van der Waals surface area (Å²) in [5.74, 6) is 1.22. The van der Waals surface area contributed by atoms with Crippen molar-refractivity contribution in [1.82, 2.24) is 14.8 Å². The average molecular weight is 418 g/mol. The van der Waals surface area contributed by atoms with Crippen molar-refractivity contribution in [3.63, 3.8) is 0 Å². The van der Waals surface area contributed by atoms with Gasteiger partial charge in [-0.25, -0.2) is 9.07 Å². The molecule has 7 heteroatoms. The number of benzene rings is 2. The molecule has 158 valence electrons. The first kappa shape index (κ1) is 19.5. The van der Waals surface area contributed by atoms with E-state index < -0.39 is 6.04 Å². The number of carbonyl (C=O) groups excluding carboxylic acids is 1. The second-order valence-electron chi connectivity index (χ2n) is 8.82. The monoisotopic (exact) mass is 418 g/mol. The molecule has 0 saturated carbocycles. The quantitative estimate of drug-likeness (QED) is 0.665. The third kappa shape index (κ3) is 3.30. The summed E-state index contributed by atoms with van der Waals surface area (Å²) < 4.78 is 21.4. The zero-order valence-corrected chi connectivity index (χ0v) is 17.6. The molecule has 1 atom stereocenters. The van der Waals surface area contributed by atoms with E-state index in [2.05, 4.69) is 29.2 Å². The maximum Gasteiger partial charge on any atom is 0.226 e. The molecule has 2 aliphatic rings. The van der Waals surface area contributed by atoms with E-state index in [1.807, 2.05) is 24.3 Å². The zero-order chi connectivity index (χ0) is 21.8. The van der Waals surface area contributed by atoms with E-state index in [1.165, 1.54) is 6.07 Å². The highest BCUT2D eigenvalue weighted by Crippen LogP contribution is 2.45. The number of carbonyl (C=O) groups is 1. The van der Waals surface area contributed by atoms with Crippen molar-refractivity contribution < 1.29 is 13.9 Å². The lowest BCUT2D eigenvalue weighted by Crippen LogP contribution is -2.36. The van der Waals surface area contributed by atoms with Crippen molar-refractivity contribution in [2.75, 3.05) is 12.4 Å². The molecule has 0 fully saturated rings. The van der Waals surface area contributed by atoms with E-state index in [0.717, 1.165) is 23.4 Å². The molecule has 3 aromatic rings. The number of ether oxygens (including phenoxy) is 1. The van der Waals surface area contributed by atoms with E-state index in [-0.39, 0.29) is 22.8 Å². The number of ketones is 1. The Hall–Kier alpha value is -3.48. The summed E-state index contributed by atoms with van der Waals surface area (Å²) in [5, 5.41) is 7.95.